The second-order valence-electron chi connectivity index (χ2n) is 8.29. The van der Waals surface area contributed by atoms with E-state index >= 15 is 0 Å². The van der Waals surface area contributed by atoms with Gasteiger partial charge in [-0.1, -0.05) is 29.8 Å². The number of carbonyl (C=O) groups excluding carboxylic acids is 1. The van der Waals surface area contributed by atoms with Crippen LogP contribution in [0, 0.1) is 0 Å². The Morgan fingerprint density at radius 1 is 0.972 bits per heavy atom. The van der Waals surface area contributed by atoms with Crippen LogP contribution in [0.5, 0.6) is 17.2 Å². The number of carbonyl (C=O) groups is 1. The van der Waals surface area contributed by atoms with Gasteiger partial charge in [-0.25, -0.2) is 8.42 Å². The van der Waals surface area contributed by atoms with E-state index in [0.717, 1.165) is 15.6 Å². The summed E-state index contributed by atoms with van der Waals surface area (Å²) in [5, 5.41) is 0.297. The molecule has 0 fully saturated rings. The normalized spacial score (nSPS) is 14.8. The fourth-order valence-corrected chi connectivity index (χ4v) is 6.01. The second kappa shape index (κ2) is 10.3. The van der Waals surface area contributed by atoms with Crippen LogP contribution in [0.2, 0.25) is 5.02 Å². The predicted octanol–water partition coefficient (Wildman–Crippen LogP) is 4.54. The minimum Gasteiger partial charge on any atom is -0.495 e. The van der Waals surface area contributed by atoms with Crippen molar-refractivity contribution in [2.45, 2.75) is 24.3 Å². The van der Waals surface area contributed by atoms with E-state index in [9.17, 15) is 13.2 Å². The molecule has 0 N–H and O–H groups in total. The van der Waals surface area contributed by atoms with Gasteiger partial charge in [0.2, 0.25) is 5.91 Å². The molecule has 0 unspecified atom stereocenters. The molecule has 0 aromatic heterocycles. The SMILES string of the molecule is COc1ccc(S(=O)(=O)N(CC(=O)N2c3ccccc3C[C@@H]2C)c2cc(Cl)ccc2OC)cc1OC. The van der Waals surface area contributed by atoms with Crippen molar-refractivity contribution >= 4 is 38.9 Å². The molecule has 0 spiro atoms. The van der Waals surface area contributed by atoms with Gasteiger partial charge < -0.3 is 19.1 Å². The van der Waals surface area contributed by atoms with Crippen LogP contribution in [-0.4, -0.2) is 48.2 Å². The third-order valence-corrected chi connectivity index (χ3v) is 8.10. The van der Waals surface area contributed by atoms with E-state index in [1.54, 1.807) is 17.0 Å². The molecule has 3 aromatic rings. The fraction of sp³-hybridized carbons (Fsp3) is 0.269. The van der Waals surface area contributed by atoms with E-state index in [1.807, 2.05) is 31.2 Å². The van der Waals surface area contributed by atoms with Crippen molar-refractivity contribution in [3.63, 3.8) is 0 Å². The zero-order valence-electron chi connectivity index (χ0n) is 20.4. The average Bonchev–Trinajstić information content (AvgIpc) is 3.22. The van der Waals surface area contributed by atoms with E-state index in [2.05, 4.69) is 0 Å². The van der Waals surface area contributed by atoms with Crippen LogP contribution in [0.15, 0.2) is 65.6 Å². The number of nitrogens with zero attached hydrogens (tertiary/aromatic N) is 2. The highest BCUT2D eigenvalue weighted by Crippen LogP contribution is 2.38. The molecule has 36 heavy (non-hydrogen) atoms. The number of methoxy groups -OCH3 is 3. The summed E-state index contributed by atoms with van der Waals surface area (Å²) in [4.78, 5) is 15.3. The molecule has 0 bridgehead atoms. The molecule has 1 amide bonds. The molecule has 4 rings (SSSR count). The second-order valence-corrected chi connectivity index (χ2v) is 10.6. The Balaban J connectivity index is 1.82. The molecule has 1 aliphatic rings. The third-order valence-electron chi connectivity index (χ3n) is 6.11. The number of sulfonamides is 1. The minimum atomic E-state index is -4.27. The minimum absolute atomic E-state index is 0.0788. The van der Waals surface area contributed by atoms with Crippen molar-refractivity contribution in [3.8, 4) is 17.2 Å². The number of amides is 1. The van der Waals surface area contributed by atoms with Gasteiger partial charge in [-0.15, -0.1) is 0 Å². The van der Waals surface area contributed by atoms with Crippen LogP contribution in [-0.2, 0) is 21.2 Å². The maximum atomic E-state index is 14.0. The lowest BCUT2D eigenvalue weighted by Gasteiger charge is -2.29. The summed E-state index contributed by atoms with van der Waals surface area (Å²) >= 11 is 6.25. The quantitative estimate of drug-likeness (QED) is 0.425. The van der Waals surface area contributed by atoms with Gasteiger partial charge in [-0.2, -0.15) is 0 Å². The number of benzene rings is 3. The van der Waals surface area contributed by atoms with Gasteiger partial charge in [-0.3, -0.25) is 9.10 Å². The summed E-state index contributed by atoms with van der Waals surface area (Å²) in [5.41, 5.74) is 1.96. The summed E-state index contributed by atoms with van der Waals surface area (Å²) in [5.74, 6) is 0.497. The standard InChI is InChI=1S/C26H27ClN2O6S/c1-17-13-18-7-5-6-8-21(18)29(17)26(30)16-28(22-14-19(27)9-11-23(22)33-2)36(31,32)20-10-12-24(34-3)25(15-20)35-4/h5-12,14-15,17H,13,16H2,1-4H3/t17-/m0/s1. The summed E-state index contributed by atoms with van der Waals surface area (Å²) in [6.45, 7) is 1.47. The summed E-state index contributed by atoms with van der Waals surface area (Å²) in [6.07, 6.45) is 0.685. The molecule has 8 nitrogen and oxygen atoms in total. The summed E-state index contributed by atoms with van der Waals surface area (Å²) in [7, 11) is 0.0359. The molecule has 1 heterocycles. The van der Waals surface area contributed by atoms with E-state index < -0.39 is 16.6 Å². The number of hydrogen-bond acceptors (Lipinski definition) is 6. The molecule has 0 aliphatic carbocycles. The Hall–Kier alpha value is -3.43. The fourth-order valence-electron chi connectivity index (χ4n) is 4.41. The first-order valence-corrected chi connectivity index (χ1v) is 13.0. The molecule has 10 heteroatoms. The lowest BCUT2D eigenvalue weighted by atomic mass is 10.1. The zero-order chi connectivity index (χ0) is 26.0. The molecule has 3 aromatic carbocycles. The molecular formula is C26H27ClN2O6S. The zero-order valence-corrected chi connectivity index (χ0v) is 22.0. The van der Waals surface area contributed by atoms with Crippen LogP contribution < -0.4 is 23.4 Å². The van der Waals surface area contributed by atoms with Crippen molar-refractivity contribution in [2.24, 2.45) is 0 Å². The van der Waals surface area contributed by atoms with Gasteiger partial charge in [0.15, 0.2) is 11.5 Å². The monoisotopic (exact) mass is 530 g/mol. The van der Waals surface area contributed by atoms with Gasteiger partial charge >= 0.3 is 0 Å². The number of fused-ring (bicyclic) bond motifs is 1. The topological polar surface area (TPSA) is 85.4 Å². The lowest BCUT2D eigenvalue weighted by Crippen LogP contribution is -2.45. The molecule has 0 saturated carbocycles. The lowest BCUT2D eigenvalue weighted by molar-refractivity contribution is -0.117. The average molecular weight is 531 g/mol. The first kappa shape index (κ1) is 25.7. The Bertz CT molecular complexity index is 1390. The Labute approximate surface area is 216 Å². The van der Waals surface area contributed by atoms with Crippen molar-refractivity contribution in [3.05, 3.63) is 71.2 Å². The summed E-state index contributed by atoms with van der Waals surface area (Å²) in [6, 6.07) is 16.4. The maximum Gasteiger partial charge on any atom is 0.265 e. The van der Waals surface area contributed by atoms with E-state index in [1.165, 1.54) is 45.6 Å². The Morgan fingerprint density at radius 3 is 2.33 bits per heavy atom. The Kier molecular flexibility index (Phi) is 7.33. The van der Waals surface area contributed by atoms with E-state index in [-0.39, 0.29) is 34.0 Å². The smallest absolute Gasteiger partial charge is 0.265 e. The highest BCUT2D eigenvalue weighted by Gasteiger charge is 2.36. The van der Waals surface area contributed by atoms with Crippen LogP contribution in [0.25, 0.3) is 0 Å². The van der Waals surface area contributed by atoms with Crippen LogP contribution in [0.1, 0.15) is 12.5 Å². The number of halogens is 1. The molecular weight excluding hydrogens is 504 g/mol. The predicted molar refractivity (Wildman–Crippen MR) is 139 cm³/mol. The van der Waals surface area contributed by atoms with Crippen LogP contribution in [0.4, 0.5) is 11.4 Å². The highest BCUT2D eigenvalue weighted by molar-refractivity contribution is 7.92. The Morgan fingerprint density at radius 2 is 1.64 bits per heavy atom. The maximum absolute atomic E-state index is 14.0. The van der Waals surface area contributed by atoms with E-state index in [0.29, 0.717) is 17.2 Å². The van der Waals surface area contributed by atoms with Gasteiger partial charge in [0.1, 0.15) is 12.3 Å². The molecule has 0 radical (unpaired) electrons. The van der Waals surface area contributed by atoms with Crippen LogP contribution >= 0.6 is 11.6 Å². The summed E-state index contributed by atoms with van der Waals surface area (Å²) < 4.78 is 45.1. The third kappa shape index (κ3) is 4.68. The molecule has 1 aliphatic heterocycles. The van der Waals surface area contributed by atoms with Gasteiger partial charge in [0.05, 0.1) is 31.9 Å². The van der Waals surface area contributed by atoms with Crippen molar-refractivity contribution in [2.75, 3.05) is 37.1 Å². The first-order valence-electron chi connectivity index (χ1n) is 11.2. The largest absolute Gasteiger partial charge is 0.495 e. The molecule has 0 saturated heterocycles. The van der Waals surface area contributed by atoms with Crippen molar-refractivity contribution in [1.29, 1.82) is 0 Å². The highest BCUT2D eigenvalue weighted by atomic mass is 35.5. The number of para-hydroxylation sites is 1. The van der Waals surface area contributed by atoms with Crippen LogP contribution in [0.3, 0.4) is 0 Å². The number of anilines is 2. The van der Waals surface area contributed by atoms with Gasteiger partial charge in [-0.05, 0) is 55.3 Å². The van der Waals surface area contributed by atoms with Gasteiger partial charge in [0.25, 0.3) is 10.0 Å². The molecule has 190 valence electrons. The first-order chi connectivity index (χ1) is 17.2. The number of hydrogen-bond donors (Lipinski definition) is 0. The van der Waals surface area contributed by atoms with Crippen molar-refractivity contribution in [1.82, 2.24) is 0 Å². The van der Waals surface area contributed by atoms with E-state index in [4.69, 9.17) is 25.8 Å². The van der Waals surface area contributed by atoms with Gasteiger partial charge in [0, 0.05) is 22.8 Å². The number of ether oxygens (including phenoxy) is 3. The van der Waals surface area contributed by atoms with Crippen molar-refractivity contribution < 1.29 is 27.4 Å². The number of rotatable bonds is 8. The molecule has 1 atom stereocenters.